The third-order valence-electron chi connectivity index (χ3n) is 5.01. The predicted molar refractivity (Wildman–Crippen MR) is 116 cm³/mol. The predicted octanol–water partition coefficient (Wildman–Crippen LogP) is 4.14. The Balaban J connectivity index is 0.00000280. The molecular weight excluding hydrogens is 374 g/mol. The summed E-state index contributed by atoms with van der Waals surface area (Å²) in [5.74, 6) is -0.0788. The highest BCUT2D eigenvalue weighted by Gasteiger charge is 2.21. The Kier molecular flexibility index (Phi) is 8.48. The van der Waals surface area contributed by atoms with E-state index in [1.165, 1.54) is 6.42 Å². The average molecular weight is 402 g/mol. The first-order chi connectivity index (χ1) is 13.1. The number of carbonyl (C=O) groups is 2. The van der Waals surface area contributed by atoms with Crippen LogP contribution in [-0.2, 0) is 16.0 Å². The number of rotatable bonds is 6. The van der Waals surface area contributed by atoms with Gasteiger partial charge in [-0.05, 0) is 43.0 Å². The first kappa shape index (κ1) is 21.9. The maximum Gasteiger partial charge on any atom is 0.241 e. The molecule has 3 rings (SSSR count). The molecule has 1 aliphatic rings. The summed E-state index contributed by atoms with van der Waals surface area (Å²) in [6.45, 7) is 0. The fourth-order valence-electron chi connectivity index (χ4n) is 3.48. The third kappa shape index (κ3) is 6.36. The molecule has 2 amide bonds. The molecule has 0 aromatic heterocycles. The Morgan fingerprint density at radius 2 is 1.57 bits per heavy atom. The van der Waals surface area contributed by atoms with Crippen molar-refractivity contribution >= 4 is 35.6 Å². The van der Waals surface area contributed by atoms with Crippen molar-refractivity contribution in [2.75, 3.05) is 10.6 Å². The summed E-state index contributed by atoms with van der Waals surface area (Å²) in [5, 5.41) is 5.81. The van der Waals surface area contributed by atoms with Crippen molar-refractivity contribution < 1.29 is 9.59 Å². The number of hydrogen-bond acceptors (Lipinski definition) is 3. The molecule has 2 aromatic rings. The SMILES string of the molecule is Cl.N[C@@H](Cc1ccccc1)C(=O)Nc1cccc(NC(=O)C2CCCCC2)c1. The molecule has 150 valence electrons. The van der Waals surface area contributed by atoms with Crippen LogP contribution in [-0.4, -0.2) is 17.9 Å². The van der Waals surface area contributed by atoms with Crippen molar-refractivity contribution in [2.24, 2.45) is 11.7 Å². The minimum atomic E-state index is -0.632. The lowest BCUT2D eigenvalue weighted by molar-refractivity contribution is -0.120. The van der Waals surface area contributed by atoms with Gasteiger partial charge in [0.05, 0.1) is 6.04 Å². The van der Waals surface area contributed by atoms with Crippen LogP contribution in [0.5, 0.6) is 0 Å². The Bertz CT molecular complexity index is 776. The van der Waals surface area contributed by atoms with E-state index in [0.717, 1.165) is 31.2 Å². The average Bonchev–Trinajstić information content (AvgIpc) is 2.69. The van der Waals surface area contributed by atoms with Gasteiger partial charge in [-0.1, -0.05) is 55.7 Å². The van der Waals surface area contributed by atoms with Crippen LogP contribution in [0.4, 0.5) is 11.4 Å². The topological polar surface area (TPSA) is 84.2 Å². The van der Waals surface area contributed by atoms with Gasteiger partial charge in [0, 0.05) is 17.3 Å². The highest BCUT2D eigenvalue weighted by molar-refractivity contribution is 5.97. The number of nitrogens with one attached hydrogen (secondary N) is 2. The van der Waals surface area contributed by atoms with E-state index in [-0.39, 0.29) is 30.1 Å². The molecule has 6 heteroatoms. The van der Waals surface area contributed by atoms with Gasteiger partial charge in [-0.2, -0.15) is 0 Å². The first-order valence-electron chi connectivity index (χ1n) is 9.63. The van der Waals surface area contributed by atoms with Crippen LogP contribution in [0, 0.1) is 5.92 Å². The highest BCUT2D eigenvalue weighted by Crippen LogP contribution is 2.25. The van der Waals surface area contributed by atoms with Crippen LogP contribution in [0.25, 0.3) is 0 Å². The molecule has 1 aliphatic carbocycles. The van der Waals surface area contributed by atoms with E-state index in [2.05, 4.69) is 10.6 Å². The lowest BCUT2D eigenvalue weighted by atomic mass is 9.88. The van der Waals surface area contributed by atoms with Crippen LogP contribution in [0.3, 0.4) is 0 Å². The molecule has 0 saturated heterocycles. The molecule has 0 spiro atoms. The van der Waals surface area contributed by atoms with Crippen LogP contribution < -0.4 is 16.4 Å². The normalized spacial score (nSPS) is 15.2. The van der Waals surface area contributed by atoms with Crippen molar-refractivity contribution in [1.29, 1.82) is 0 Å². The summed E-state index contributed by atoms with van der Waals surface area (Å²) in [5.41, 5.74) is 8.38. The number of nitrogens with two attached hydrogens (primary N) is 1. The number of amides is 2. The monoisotopic (exact) mass is 401 g/mol. The second kappa shape index (κ2) is 10.8. The van der Waals surface area contributed by atoms with Crippen molar-refractivity contribution in [3.05, 3.63) is 60.2 Å². The Morgan fingerprint density at radius 3 is 2.25 bits per heavy atom. The maximum absolute atomic E-state index is 12.4. The molecule has 0 heterocycles. The van der Waals surface area contributed by atoms with Gasteiger partial charge in [0.1, 0.15) is 0 Å². The van der Waals surface area contributed by atoms with Crippen LogP contribution in [0.2, 0.25) is 0 Å². The minimum absolute atomic E-state index is 0. The van der Waals surface area contributed by atoms with Crippen LogP contribution in [0.1, 0.15) is 37.7 Å². The largest absolute Gasteiger partial charge is 0.326 e. The Labute approximate surface area is 172 Å². The molecule has 0 aliphatic heterocycles. The first-order valence-corrected chi connectivity index (χ1v) is 9.63. The van der Waals surface area contributed by atoms with E-state index in [4.69, 9.17) is 5.73 Å². The molecule has 1 saturated carbocycles. The molecule has 0 bridgehead atoms. The Hall–Kier alpha value is -2.37. The molecule has 0 unspecified atom stereocenters. The zero-order valence-electron chi connectivity index (χ0n) is 15.9. The van der Waals surface area contributed by atoms with Gasteiger partial charge in [0.2, 0.25) is 11.8 Å². The maximum atomic E-state index is 12.4. The zero-order valence-corrected chi connectivity index (χ0v) is 16.7. The fraction of sp³-hybridized carbons (Fsp3) is 0.364. The highest BCUT2D eigenvalue weighted by atomic mass is 35.5. The molecule has 1 fully saturated rings. The number of anilines is 2. The standard InChI is InChI=1S/C22H27N3O2.ClH/c23-20(14-16-8-3-1-4-9-16)22(27)25-19-13-7-12-18(15-19)24-21(26)17-10-5-2-6-11-17;/h1,3-4,7-9,12-13,15,17,20H,2,5-6,10-11,14,23H2,(H,24,26)(H,25,27);1H/t20-;/m0./s1. The molecule has 4 N–H and O–H groups in total. The van der Waals surface area contributed by atoms with E-state index >= 15 is 0 Å². The summed E-state index contributed by atoms with van der Waals surface area (Å²) >= 11 is 0. The number of carbonyl (C=O) groups excluding carboxylic acids is 2. The molecule has 28 heavy (non-hydrogen) atoms. The summed E-state index contributed by atoms with van der Waals surface area (Å²) < 4.78 is 0. The summed E-state index contributed by atoms with van der Waals surface area (Å²) in [7, 11) is 0. The zero-order chi connectivity index (χ0) is 19.1. The molecule has 0 radical (unpaired) electrons. The van der Waals surface area contributed by atoms with Crippen molar-refractivity contribution in [2.45, 2.75) is 44.6 Å². The smallest absolute Gasteiger partial charge is 0.241 e. The van der Waals surface area contributed by atoms with Gasteiger partial charge in [-0.15, -0.1) is 12.4 Å². The molecule has 1 atom stereocenters. The number of benzene rings is 2. The minimum Gasteiger partial charge on any atom is -0.326 e. The quantitative estimate of drug-likeness (QED) is 0.680. The molecule has 5 nitrogen and oxygen atoms in total. The third-order valence-corrected chi connectivity index (χ3v) is 5.01. The van der Waals surface area contributed by atoms with E-state index < -0.39 is 6.04 Å². The van der Waals surface area contributed by atoms with E-state index in [1.807, 2.05) is 42.5 Å². The van der Waals surface area contributed by atoms with Gasteiger partial charge in [-0.3, -0.25) is 9.59 Å². The van der Waals surface area contributed by atoms with Crippen LogP contribution in [0.15, 0.2) is 54.6 Å². The van der Waals surface area contributed by atoms with Crippen LogP contribution >= 0.6 is 12.4 Å². The summed E-state index contributed by atoms with van der Waals surface area (Å²) in [4.78, 5) is 24.8. The second-order valence-electron chi connectivity index (χ2n) is 7.19. The molecular formula is C22H28ClN3O2. The van der Waals surface area contributed by atoms with Gasteiger partial charge >= 0.3 is 0 Å². The summed E-state index contributed by atoms with van der Waals surface area (Å²) in [6, 6.07) is 16.3. The lowest BCUT2D eigenvalue weighted by Crippen LogP contribution is -2.37. The Morgan fingerprint density at radius 1 is 0.929 bits per heavy atom. The summed E-state index contributed by atoms with van der Waals surface area (Å²) in [6.07, 6.45) is 5.84. The second-order valence-corrected chi connectivity index (χ2v) is 7.19. The van der Waals surface area contributed by atoms with Gasteiger partial charge in [-0.25, -0.2) is 0 Å². The molecule has 2 aromatic carbocycles. The number of halogens is 1. The van der Waals surface area contributed by atoms with Crippen molar-refractivity contribution in [3.63, 3.8) is 0 Å². The van der Waals surface area contributed by atoms with Crippen molar-refractivity contribution in [3.8, 4) is 0 Å². The van der Waals surface area contributed by atoms with Gasteiger partial charge < -0.3 is 16.4 Å². The van der Waals surface area contributed by atoms with E-state index in [1.54, 1.807) is 12.1 Å². The fourth-order valence-corrected chi connectivity index (χ4v) is 3.48. The van der Waals surface area contributed by atoms with Gasteiger partial charge in [0.25, 0.3) is 0 Å². The van der Waals surface area contributed by atoms with E-state index in [9.17, 15) is 9.59 Å². The van der Waals surface area contributed by atoms with Gasteiger partial charge in [0.15, 0.2) is 0 Å². The lowest BCUT2D eigenvalue weighted by Gasteiger charge is -2.21. The van der Waals surface area contributed by atoms with Crippen molar-refractivity contribution in [1.82, 2.24) is 0 Å². The number of hydrogen-bond donors (Lipinski definition) is 3. The van der Waals surface area contributed by atoms with E-state index in [0.29, 0.717) is 17.8 Å².